The van der Waals surface area contributed by atoms with E-state index in [2.05, 4.69) is 58.6 Å². The van der Waals surface area contributed by atoms with E-state index in [-0.39, 0.29) is 0 Å². The number of halogens is 1. The summed E-state index contributed by atoms with van der Waals surface area (Å²) in [4.78, 5) is 1.43. The summed E-state index contributed by atoms with van der Waals surface area (Å²) >= 11 is 5.47. The molecule has 0 radical (unpaired) electrons. The fraction of sp³-hybridized carbons (Fsp3) is 0.562. The smallest absolute Gasteiger partial charge is 0.0628 e. The monoisotopic (exact) mass is 369 g/mol. The van der Waals surface area contributed by atoms with Gasteiger partial charge in [-0.3, -0.25) is 4.68 Å². The molecule has 5 heteroatoms. The van der Waals surface area contributed by atoms with Crippen molar-refractivity contribution in [1.29, 1.82) is 0 Å². The molecule has 0 spiro atoms. The highest BCUT2D eigenvalue weighted by molar-refractivity contribution is 9.10. The van der Waals surface area contributed by atoms with Gasteiger partial charge in [-0.15, -0.1) is 11.3 Å². The number of rotatable bonds is 7. The third kappa shape index (κ3) is 4.18. The summed E-state index contributed by atoms with van der Waals surface area (Å²) in [6.45, 7) is 7.46. The molecule has 2 aromatic rings. The molecular formula is C16H24BrN3S. The molecule has 1 N–H and O–H groups in total. The number of nitrogens with zero attached hydrogens (tertiary/aromatic N) is 2. The summed E-state index contributed by atoms with van der Waals surface area (Å²) in [5.74, 6) is 0. The standard InChI is InChI=1S/C16H24BrN3S/c1-5-18-13(10-16-15(17)8-9-21-16)6-7-14-11(2)19-20(4)12(14)3/h8-9,13,18H,5-7,10H2,1-4H3. The van der Waals surface area contributed by atoms with Gasteiger partial charge in [0.1, 0.15) is 0 Å². The van der Waals surface area contributed by atoms with E-state index < -0.39 is 0 Å². The van der Waals surface area contributed by atoms with Crippen molar-refractivity contribution in [2.24, 2.45) is 7.05 Å². The molecule has 21 heavy (non-hydrogen) atoms. The Morgan fingerprint density at radius 2 is 2.19 bits per heavy atom. The van der Waals surface area contributed by atoms with Crippen LogP contribution in [0.3, 0.4) is 0 Å². The van der Waals surface area contributed by atoms with Crippen LogP contribution in [0.2, 0.25) is 0 Å². The fourth-order valence-electron chi connectivity index (χ4n) is 2.76. The van der Waals surface area contributed by atoms with E-state index in [9.17, 15) is 0 Å². The predicted octanol–water partition coefficient (Wildman–Crippen LogP) is 4.01. The minimum Gasteiger partial charge on any atom is -0.314 e. The van der Waals surface area contributed by atoms with Crippen LogP contribution in [0.1, 0.15) is 35.2 Å². The van der Waals surface area contributed by atoms with Crippen molar-refractivity contribution in [2.45, 2.75) is 46.1 Å². The third-order valence-electron chi connectivity index (χ3n) is 4.02. The van der Waals surface area contributed by atoms with Gasteiger partial charge in [0.25, 0.3) is 0 Å². The first-order chi connectivity index (χ1) is 10.0. The van der Waals surface area contributed by atoms with Crippen molar-refractivity contribution in [2.75, 3.05) is 6.54 Å². The molecule has 0 aromatic carbocycles. The summed E-state index contributed by atoms with van der Waals surface area (Å²) in [5, 5.41) is 10.3. The Balaban J connectivity index is 2.01. The molecule has 0 amide bonds. The van der Waals surface area contributed by atoms with Crippen molar-refractivity contribution < 1.29 is 0 Å². The normalized spacial score (nSPS) is 12.8. The van der Waals surface area contributed by atoms with Crippen LogP contribution in [0, 0.1) is 13.8 Å². The summed E-state index contributed by atoms with van der Waals surface area (Å²) in [6, 6.07) is 2.65. The Kier molecular flexibility index (Phi) is 6.02. The molecule has 116 valence electrons. The van der Waals surface area contributed by atoms with Crippen LogP contribution in [0.25, 0.3) is 0 Å². The first-order valence-corrected chi connectivity index (χ1v) is 9.14. The van der Waals surface area contributed by atoms with Gasteiger partial charge in [-0.25, -0.2) is 0 Å². The average Bonchev–Trinajstić information content (AvgIpc) is 2.93. The van der Waals surface area contributed by atoms with Gasteiger partial charge in [0, 0.05) is 28.1 Å². The predicted molar refractivity (Wildman–Crippen MR) is 94.2 cm³/mol. The van der Waals surface area contributed by atoms with Crippen LogP contribution in [0.5, 0.6) is 0 Å². The molecule has 0 saturated carbocycles. The summed E-state index contributed by atoms with van der Waals surface area (Å²) in [6.07, 6.45) is 3.32. The number of likely N-dealkylation sites (N-methyl/N-ethyl adjacent to an activating group) is 1. The topological polar surface area (TPSA) is 29.9 Å². The van der Waals surface area contributed by atoms with Crippen LogP contribution < -0.4 is 5.32 Å². The zero-order chi connectivity index (χ0) is 15.4. The minimum atomic E-state index is 0.518. The van der Waals surface area contributed by atoms with Crippen molar-refractivity contribution in [1.82, 2.24) is 15.1 Å². The molecule has 1 atom stereocenters. The Hall–Kier alpha value is -0.650. The van der Waals surface area contributed by atoms with Gasteiger partial charge in [0.15, 0.2) is 0 Å². The molecule has 3 nitrogen and oxygen atoms in total. The number of thiophene rings is 1. The molecule has 2 heterocycles. The van der Waals surface area contributed by atoms with Gasteiger partial charge in [-0.2, -0.15) is 5.10 Å². The molecule has 0 saturated heterocycles. The van der Waals surface area contributed by atoms with Gasteiger partial charge in [-0.05, 0) is 72.6 Å². The maximum Gasteiger partial charge on any atom is 0.0628 e. The van der Waals surface area contributed by atoms with Crippen LogP contribution in [-0.2, 0) is 19.9 Å². The highest BCUT2D eigenvalue weighted by Crippen LogP contribution is 2.25. The van der Waals surface area contributed by atoms with Crippen molar-refractivity contribution in [3.8, 4) is 0 Å². The molecular weight excluding hydrogens is 346 g/mol. The highest BCUT2D eigenvalue weighted by atomic mass is 79.9. The first-order valence-electron chi connectivity index (χ1n) is 7.47. The number of hydrogen-bond donors (Lipinski definition) is 1. The van der Waals surface area contributed by atoms with E-state index in [1.807, 2.05) is 23.1 Å². The quantitative estimate of drug-likeness (QED) is 0.798. The van der Waals surface area contributed by atoms with Crippen LogP contribution in [0.4, 0.5) is 0 Å². The molecule has 0 bridgehead atoms. The lowest BCUT2D eigenvalue weighted by molar-refractivity contribution is 0.492. The van der Waals surface area contributed by atoms with E-state index in [0.717, 1.165) is 25.8 Å². The molecule has 0 aliphatic heterocycles. The van der Waals surface area contributed by atoms with Gasteiger partial charge in [0.2, 0.25) is 0 Å². The zero-order valence-corrected chi connectivity index (χ0v) is 15.6. The molecule has 2 aromatic heterocycles. The Morgan fingerprint density at radius 1 is 1.43 bits per heavy atom. The van der Waals surface area contributed by atoms with E-state index in [0.29, 0.717) is 6.04 Å². The Labute approximate surface area is 139 Å². The highest BCUT2D eigenvalue weighted by Gasteiger charge is 2.15. The molecule has 1 unspecified atom stereocenters. The van der Waals surface area contributed by atoms with Crippen LogP contribution >= 0.6 is 27.3 Å². The maximum atomic E-state index is 4.52. The number of aryl methyl sites for hydroxylation is 2. The second-order valence-corrected chi connectivity index (χ2v) is 7.32. The summed E-state index contributed by atoms with van der Waals surface area (Å²) in [5.41, 5.74) is 3.87. The summed E-state index contributed by atoms with van der Waals surface area (Å²) < 4.78 is 3.23. The van der Waals surface area contributed by atoms with Crippen LogP contribution in [-0.4, -0.2) is 22.4 Å². The van der Waals surface area contributed by atoms with Crippen molar-refractivity contribution in [3.63, 3.8) is 0 Å². The lowest BCUT2D eigenvalue weighted by Gasteiger charge is -2.17. The molecule has 2 rings (SSSR count). The van der Waals surface area contributed by atoms with Crippen LogP contribution in [0.15, 0.2) is 15.9 Å². The zero-order valence-electron chi connectivity index (χ0n) is 13.2. The second-order valence-electron chi connectivity index (χ2n) is 5.46. The van der Waals surface area contributed by atoms with E-state index >= 15 is 0 Å². The number of hydrogen-bond acceptors (Lipinski definition) is 3. The lowest BCUT2D eigenvalue weighted by Crippen LogP contribution is -2.31. The van der Waals surface area contributed by atoms with Gasteiger partial charge < -0.3 is 5.32 Å². The van der Waals surface area contributed by atoms with Gasteiger partial charge >= 0.3 is 0 Å². The Bertz CT molecular complexity index is 588. The molecule has 0 aliphatic carbocycles. The summed E-state index contributed by atoms with van der Waals surface area (Å²) in [7, 11) is 2.02. The lowest BCUT2D eigenvalue weighted by atomic mass is 10.0. The van der Waals surface area contributed by atoms with E-state index in [1.165, 1.54) is 26.3 Å². The fourth-order valence-corrected chi connectivity index (χ4v) is 4.35. The SMILES string of the molecule is CCNC(CCc1c(C)nn(C)c1C)Cc1sccc1Br. The van der Waals surface area contributed by atoms with Crippen molar-refractivity contribution in [3.05, 3.63) is 37.7 Å². The first kappa shape index (κ1) is 16.7. The number of aromatic nitrogens is 2. The molecule has 0 aliphatic rings. The largest absolute Gasteiger partial charge is 0.314 e. The number of nitrogens with one attached hydrogen (secondary N) is 1. The average molecular weight is 370 g/mol. The molecule has 0 fully saturated rings. The minimum absolute atomic E-state index is 0.518. The van der Waals surface area contributed by atoms with Crippen molar-refractivity contribution >= 4 is 27.3 Å². The van der Waals surface area contributed by atoms with Gasteiger partial charge in [0.05, 0.1) is 5.69 Å². The van der Waals surface area contributed by atoms with Gasteiger partial charge in [-0.1, -0.05) is 6.92 Å². The van der Waals surface area contributed by atoms with E-state index in [1.54, 1.807) is 0 Å². The third-order valence-corrected chi connectivity index (χ3v) is 5.97. The maximum absolute atomic E-state index is 4.52. The van der Waals surface area contributed by atoms with E-state index in [4.69, 9.17) is 0 Å². The Morgan fingerprint density at radius 3 is 2.71 bits per heavy atom. The second kappa shape index (κ2) is 7.56.